The summed E-state index contributed by atoms with van der Waals surface area (Å²) in [5.74, 6) is 0.462. The Kier molecular flexibility index (Phi) is 7.61. The molecule has 1 atom stereocenters. The first kappa shape index (κ1) is 21.9. The number of carbonyl (C=O) groups is 2. The van der Waals surface area contributed by atoms with Crippen LogP contribution >= 0.6 is 12.4 Å². The quantitative estimate of drug-likeness (QED) is 0.815. The van der Waals surface area contributed by atoms with Gasteiger partial charge in [0.2, 0.25) is 5.91 Å². The number of aryl methyl sites for hydroxylation is 1. The second-order valence-electron chi connectivity index (χ2n) is 7.43. The molecule has 2 amide bonds. The van der Waals surface area contributed by atoms with Crippen LogP contribution in [0.2, 0.25) is 0 Å². The fraction of sp³-hybridized carbons (Fsp3) is 0.364. The second-order valence-corrected chi connectivity index (χ2v) is 7.43. The van der Waals surface area contributed by atoms with E-state index in [1.54, 1.807) is 24.3 Å². The minimum atomic E-state index is -0.734. The van der Waals surface area contributed by atoms with Gasteiger partial charge in [0.05, 0.1) is 0 Å². The second kappa shape index (κ2) is 9.71. The van der Waals surface area contributed by atoms with Crippen LogP contribution in [0, 0.1) is 12.8 Å². The minimum absolute atomic E-state index is 0. The number of nitrogens with two attached hydrogens (primary N) is 1. The van der Waals surface area contributed by atoms with Gasteiger partial charge in [-0.1, -0.05) is 36.8 Å². The third-order valence-electron chi connectivity index (χ3n) is 5.19. The lowest BCUT2D eigenvalue weighted by Crippen LogP contribution is -2.37. The number of benzene rings is 2. The van der Waals surface area contributed by atoms with Crippen molar-refractivity contribution in [1.82, 2.24) is 4.90 Å². The summed E-state index contributed by atoms with van der Waals surface area (Å²) in [5.41, 5.74) is 9.21. The molecule has 0 radical (unpaired) electrons. The van der Waals surface area contributed by atoms with Crippen LogP contribution in [0.4, 0.5) is 5.69 Å². The highest BCUT2D eigenvalue weighted by molar-refractivity contribution is 5.97. The molecule has 0 aromatic heterocycles. The zero-order chi connectivity index (χ0) is 19.4. The molecule has 1 saturated heterocycles. The maximum Gasteiger partial charge on any atom is 0.253 e. The van der Waals surface area contributed by atoms with Crippen molar-refractivity contribution >= 4 is 29.9 Å². The van der Waals surface area contributed by atoms with E-state index in [9.17, 15) is 9.59 Å². The highest BCUT2D eigenvalue weighted by Gasteiger charge is 2.21. The van der Waals surface area contributed by atoms with E-state index in [1.807, 2.05) is 36.1 Å². The van der Waals surface area contributed by atoms with E-state index < -0.39 is 6.04 Å². The van der Waals surface area contributed by atoms with Crippen molar-refractivity contribution in [2.45, 2.75) is 32.7 Å². The van der Waals surface area contributed by atoms with E-state index in [0.717, 1.165) is 37.1 Å². The molecule has 6 heteroatoms. The van der Waals surface area contributed by atoms with Crippen molar-refractivity contribution < 1.29 is 9.59 Å². The first-order chi connectivity index (χ1) is 12.9. The van der Waals surface area contributed by atoms with Gasteiger partial charge in [0.25, 0.3) is 5.91 Å². The van der Waals surface area contributed by atoms with Crippen LogP contribution in [0.1, 0.15) is 47.3 Å². The summed E-state index contributed by atoms with van der Waals surface area (Å²) in [5, 5.41) is 2.82. The first-order valence-electron chi connectivity index (χ1n) is 9.46. The average molecular weight is 402 g/mol. The Hall–Kier alpha value is -2.37. The first-order valence-corrected chi connectivity index (χ1v) is 9.46. The molecule has 0 aliphatic carbocycles. The zero-order valence-corrected chi connectivity index (χ0v) is 17.2. The predicted molar refractivity (Wildman–Crippen MR) is 115 cm³/mol. The maximum atomic E-state index is 12.6. The molecular formula is C22H28ClN3O2. The van der Waals surface area contributed by atoms with Crippen molar-refractivity contribution in [1.29, 1.82) is 0 Å². The molecule has 28 heavy (non-hydrogen) atoms. The number of carbonyl (C=O) groups excluding carboxylic acids is 2. The summed E-state index contributed by atoms with van der Waals surface area (Å²) in [6, 6.07) is 13.9. The number of hydrogen-bond acceptors (Lipinski definition) is 3. The van der Waals surface area contributed by atoms with E-state index in [2.05, 4.69) is 12.2 Å². The summed E-state index contributed by atoms with van der Waals surface area (Å²) >= 11 is 0. The molecule has 1 aliphatic heterocycles. The Labute approximate surface area is 172 Å². The molecule has 3 N–H and O–H groups in total. The monoisotopic (exact) mass is 401 g/mol. The van der Waals surface area contributed by atoms with Crippen molar-refractivity contribution in [3.63, 3.8) is 0 Å². The van der Waals surface area contributed by atoms with Gasteiger partial charge in [-0.25, -0.2) is 0 Å². The third kappa shape index (κ3) is 5.33. The molecule has 0 spiro atoms. The Morgan fingerprint density at radius 3 is 2.18 bits per heavy atom. The molecule has 1 unspecified atom stereocenters. The molecule has 3 rings (SSSR count). The summed E-state index contributed by atoms with van der Waals surface area (Å²) in [6.45, 7) is 5.83. The minimum Gasteiger partial charge on any atom is -0.339 e. The number of halogens is 1. The Balaban J connectivity index is 0.00000280. The van der Waals surface area contributed by atoms with Gasteiger partial charge in [0.1, 0.15) is 6.04 Å². The third-order valence-corrected chi connectivity index (χ3v) is 5.19. The van der Waals surface area contributed by atoms with Crippen LogP contribution in [0.25, 0.3) is 0 Å². The standard InChI is InChI=1S/C22H27N3O2.ClH/c1-15-3-5-17(6-4-15)20(23)21(26)24-19-9-7-18(8-10-19)22(27)25-13-11-16(2)12-14-25;/h3-10,16,20H,11-14,23H2,1-2H3,(H,24,26);1H. The molecule has 150 valence electrons. The van der Waals surface area contributed by atoms with E-state index in [1.165, 1.54) is 0 Å². The number of likely N-dealkylation sites (tertiary alicyclic amines) is 1. The topological polar surface area (TPSA) is 75.4 Å². The Morgan fingerprint density at radius 1 is 1.04 bits per heavy atom. The Morgan fingerprint density at radius 2 is 1.61 bits per heavy atom. The molecule has 0 saturated carbocycles. The molecule has 1 heterocycles. The lowest BCUT2D eigenvalue weighted by atomic mass is 9.98. The summed E-state index contributed by atoms with van der Waals surface area (Å²) in [6.07, 6.45) is 2.10. The average Bonchev–Trinajstić information content (AvgIpc) is 2.68. The van der Waals surface area contributed by atoms with Crippen LogP contribution in [0.15, 0.2) is 48.5 Å². The lowest BCUT2D eigenvalue weighted by molar-refractivity contribution is -0.117. The SMILES string of the molecule is Cc1ccc(C(N)C(=O)Nc2ccc(C(=O)N3CCC(C)CC3)cc2)cc1.Cl. The van der Waals surface area contributed by atoms with Crippen molar-refractivity contribution in [3.05, 3.63) is 65.2 Å². The van der Waals surface area contributed by atoms with Gasteiger partial charge in [-0.3, -0.25) is 9.59 Å². The number of nitrogens with one attached hydrogen (secondary N) is 1. The van der Waals surface area contributed by atoms with Gasteiger partial charge in [-0.15, -0.1) is 12.4 Å². The lowest BCUT2D eigenvalue weighted by Gasteiger charge is -2.30. The van der Waals surface area contributed by atoms with Crippen molar-refractivity contribution in [3.8, 4) is 0 Å². The molecule has 2 aromatic carbocycles. The van der Waals surface area contributed by atoms with Gasteiger partial charge in [0, 0.05) is 24.3 Å². The summed E-state index contributed by atoms with van der Waals surface area (Å²) in [7, 11) is 0. The summed E-state index contributed by atoms with van der Waals surface area (Å²) < 4.78 is 0. The van der Waals surface area contributed by atoms with E-state index in [4.69, 9.17) is 5.73 Å². The molecule has 1 fully saturated rings. The van der Waals surface area contributed by atoms with Crippen LogP contribution in [0.5, 0.6) is 0 Å². The smallest absolute Gasteiger partial charge is 0.253 e. The summed E-state index contributed by atoms with van der Waals surface area (Å²) in [4.78, 5) is 26.9. The van der Waals surface area contributed by atoms with Gasteiger partial charge in [0.15, 0.2) is 0 Å². The Bertz CT molecular complexity index is 798. The normalized spacial score (nSPS) is 15.5. The van der Waals surface area contributed by atoms with E-state index >= 15 is 0 Å². The van der Waals surface area contributed by atoms with E-state index in [0.29, 0.717) is 17.2 Å². The maximum absolute atomic E-state index is 12.6. The van der Waals surface area contributed by atoms with Gasteiger partial charge < -0.3 is 16.0 Å². The predicted octanol–water partition coefficient (Wildman–Crippen LogP) is 3.93. The fourth-order valence-electron chi connectivity index (χ4n) is 3.24. The number of piperidine rings is 1. The van der Waals surface area contributed by atoms with Crippen molar-refractivity contribution in [2.75, 3.05) is 18.4 Å². The number of anilines is 1. The van der Waals surface area contributed by atoms with Crippen LogP contribution in [-0.2, 0) is 4.79 Å². The van der Waals surface area contributed by atoms with E-state index in [-0.39, 0.29) is 24.2 Å². The molecule has 0 bridgehead atoms. The van der Waals surface area contributed by atoms with Gasteiger partial charge >= 0.3 is 0 Å². The van der Waals surface area contributed by atoms with Gasteiger partial charge in [-0.05, 0) is 55.5 Å². The largest absolute Gasteiger partial charge is 0.339 e. The number of amides is 2. The number of nitrogens with zero attached hydrogens (tertiary/aromatic N) is 1. The molecular weight excluding hydrogens is 374 g/mol. The van der Waals surface area contributed by atoms with Gasteiger partial charge in [-0.2, -0.15) is 0 Å². The molecule has 2 aromatic rings. The fourth-order valence-corrected chi connectivity index (χ4v) is 3.24. The van der Waals surface area contributed by atoms with Crippen LogP contribution < -0.4 is 11.1 Å². The van der Waals surface area contributed by atoms with Crippen molar-refractivity contribution in [2.24, 2.45) is 11.7 Å². The molecule has 1 aliphatic rings. The van der Waals surface area contributed by atoms with Crippen LogP contribution in [0.3, 0.4) is 0 Å². The zero-order valence-electron chi connectivity index (χ0n) is 16.4. The number of rotatable bonds is 4. The molecule has 5 nitrogen and oxygen atoms in total. The highest BCUT2D eigenvalue weighted by atomic mass is 35.5. The van der Waals surface area contributed by atoms with Crippen LogP contribution in [-0.4, -0.2) is 29.8 Å². The number of hydrogen-bond donors (Lipinski definition) is 2. The highest BCUT2D eigenvalue weighted by Crippen LogP contribution is 2.20.